The second kappa shape index (κ2) is 6.12. The molecule has 1 amide bonds. The van der Waals surface area contributed by atoms with Crippen molar-refractivity contribution in [1.29, 1.82) is 0 Å². The minimum absolute atomic E-state index is 0.171. The Kier molecular flexibility index (Phi) is 4.71. The highest BCUT2D eigenvalue weighted by atomic mass is 16.6. The first-order valence-corrected chi connectivity index (χ1v) is 7.65. The van der Waals surface area contributed by atoms with Crippen LogP contribution in [-0.4, -0.2) is 42.3 Å². The normalized spacial score (nSPS) is 24.4. The minimum atomic E-state index is -0.396. The zero-order valence-corrected chi connectivity index (χ0v) is 12.6. The van der Waals surface area contributed by atoms with E-state index in [1.807, 2.05) is 25.7 Å². The summed E-state index contributed by atoms with van der Waals surface area (Å²) < 4.78 is 5.40. The number of ether oxygens (including phenoxy) is 1. The van der Waals surface area contributed by atoms with Crippen LogP contribution in [0.5, 0.6) is 0 Å². The number of rotatable bonds is 4. The third-order valence-electron chi connectivity index (χ3n) is 4.05. The summed E-state index contributed by atoms with van der Waals surface area (Å²) >= 11 is 0. The molecule has 2 rings (SSSR count). The molecule has 1 atom stereocenters. The third kappa shape index (κ3) is 4.68. The molecular weight excluding hydrogens is 240 g/mol. The van der Waals surface area contributed by atoms with E-state index in [1.165, 1.54) is 25.7 Å². The smallest absolute Gasteiger partial charge is 0.410 e. The molecule has 1 unspecified atom stereocenters. The monoisotopic (exact) mass is 268 g/mol. The van der Waals surface area contributed by atoms with Gasteiger partial charge in [-0.3, -0.25) is 0 Å². The molecule has 1 saturated carbocycles. The fourth-order valence-corrected chi connectivity index (χ4v) is 2.69. The van der Waals surface area contributed by atoms with Gasteiger partial charge in [0.2, 0.25) is 0 Å². The molecule has 19 heavy (non-hydrogen) atoms. The standard InChI is InChI=1S/C15H28N2O2/c1-15(2,3)19-14(18)17-10-8-13(11-17)16-9-7-12-5-4-6-12/h12-13,16H,4-11H2,1-3H3. The average Bonchev–Trinajstić information content (AvgIpc) is 2.68. The predicted octanol–water partition coefficient (Wildman–Crippen LogP) is 2.78. The van der Waals surface area contributed by atoms with Gasteiger partial charge in [0.1, 0.15) is 5.60 Å². The lowest BCUT2D eigenvalue weighted by Crippen LogP contribution is -2.38. The van der Waals surface area contributed by atoms with E-state index >= 15 is 0 Å². The zero-order chi connectivity index (χ0) is 13.9. The summed E-state index contributed by atoms with van der Waals surface area (Å²) in [6.45, 7) is 8.44. The molecule has 0 radical (unpaired) electrons. The summed E-state index contributed by atoms with van der Waals surface area (Å²) in [6.07, 6.45) is 6.41. The Morgan fingerprint density at radius 3 is 2.63 bits per heavy atom. The Balaban J connectivity index is 1.63. The van der Waals surface area contributed by atoms with Crippen LogP contribution in [0.15, 0.2) is 0 Å². The Bertz CT molecular complexity index is 308. The molecule has 1 aliphatic heterocycles. The molecular formula is C15H28N2O2. The Morgan fingerprint density at radius 1 is 1.32 bits per heavy atom. The van der Waals surface area contributed by atoms with Gasteiger partial charge in [0.05, 0.1) is 0 Å². The van der Waals surface area contributed by atoms with Gasteiger partial charge in [-0.1, -0.05) is 19.3 Å². The quantitative estimate of drug-likeness (QED) is 0.852. The first-order valence-electron chi connectivity index (χ1n) is 7.65. The molecule has 0 aromatic carbocycles. The molecule has 1 N–H and O–H groups in total. The largest absolute Gasteiger partial charge is 0.444 e. The fraction of sp³-hybridized carbons (Fsp3) is 0.933. The Morgan fingerprint density at radius 2 is 2.05 bits per heavy atom. The number of likely N-dealkylation sites (tertiary alicyclic amines) is 1. The van der Waals surface area contributed by atoms with Crippen molar-refractivity contribution < 1.29 is 9.53 Å². The maximum Gasteiger partial charge on any atom is 0.410 e. The second-order valence-corrected chi connectivity index (χ2v) is 6.95. The number of carbonyl (C=O) groups is 1. The van der Waals surface area contributed by atoms with Gasteiger partial charge in [-0.2, -0.15) is 0 Å². The van der Waals surface area contributed by atoms with E-state index in [0.29, 0.717) is 6.04 Å². The molecule has 0 aromatic heterocycles. The lowest BCUT2D eigenvalue weighted by molar-refractivity contribution is 0.0291. The number of nitrogens with zero attached hydrogens (tertiary/aromatic N) is 1. The van der Waals surface area contributed by atoms with Crippen LogP contribution in [0.2, 0.25) is 0 Å². The van der Waals surface area contributed by atoms with Crippen LogP contribution >= 0.6 is 0 Å². The van der Waals surface area contributed by atoms with E-state index in [9.17, 15) is 4.79 Å². The zero-order valence-electron chi connectivity index (χ0n) is 12.6. The van der Waals surface area contributed by atoms with E-state index in [2.05, 4.69) is 5.32 Å². The van der Waals surface area contributed by atoms with Crippen LogP contribution < -0.4 is 5.32 Å². The Labute approximate surface area is 116 Å². The molecule has 1 heterocycles. The van der Waals surface area contributed by atoms with E-state index in [-0.39, 0.29) is 6.09 Å². The van der Waals surface area contributed by atoms with Crippen LogP contribution in [0.25, 0.3) is 0 Å². The lowest BCUT2D eigenvalue weighted by Gasteiger charge is -2.26. The van der Waals surface area contributed by atoms with Crippen molar-refractivity contribution in [2.45, 2.75) is 64.5 Å². The number of nitrogens with one attached hydrogen (secondary N) is 1. The van der Waals surface area contributed by atoms with Crippen LogP contribution in [0, 0.1) is 5.92 Å². The van der Waals surface area contributed by atoms with E-state index in [4.69, 9.17) is 4.74 Å². The molecule has 4 heteroatoms. The lowest BCUT2D eigenvalue weighted by atomic mass is 9.83. The van der Waals surface area contributed by atoms with Crippen molar-refractivity contribution in [1.82, 2.24) is 10.2 Å². The summed E-state index contributed by atoms with van der Waals surface area (Å²) in [5, 5.41) is 3.58. The number of carbonyl (C=O) groups excluding carboxylic acids is 1. The number of hydrogen-bond donors (Lipinski definition) is 1. The van der Waals surface area contributed by atoms with E-state index in [0.717, 1.165) is 32.0 Å². The van der Waals surface area contributed by atoms with Gasteiger partial charge in [0.25, 0.3) is 0 Å². The highest BCUT2D eigenvalue weighted by Gasteiger charge is 2.29. The van der Waals surface area contributed by atoms with E-state index in [1.54, 1.807) is 0 Å². The highest BCUT2D eigenvalue weighted by Crippen LogP contribution is 2.28. The van der Waals surface area contributed by atoms with Gasteiger partial charge in [-0.15, -0.1) is 0 Å². The molecule has 2 fully saturated rings. The summed E-state index contributed by atoms with van der Waals surface area (Å²) in [6, 6.07) is 0.451. The highest BCUT2D eigenvalue weighted by molar-refractivity contribution is 5.68. The summed E-state index contributed by atoms with van der Waals surface area (Å²) in [7, 11) is 0. The predicted molar refractivity (Wildman–Crippen MR) is 76.2 cm³/mol. The van der Waals surface area contributed by atoms with Crippen molar-refractivity contribution in [3.8, 4) is 0 Å². The molecule has 2 aliphatic rings. The van der Waals surface area contributed by atoms with Crippen LogP contribution in [0.4, 0.5) is 4.79 Å². The van der Waals surface area contributed by atoms with Gasteiger partial charge < -0.3 is 15.0 Å². The Hall–Kier alpha value is -0.770. The first-order chi connectivity index (χ1) is 8.94. The van der Waals surface area contributed by atoms with Crippen molar-refractivity contribution in [2.75, 3.05) is 19.6 Å². The van der Waals surface area contributed by atoms with Gasteiger partial charge in [0, 0.05) is 19.1 Å². The van der Waals surface area contributed by atoms with Gasteiger partial charge >= 0.3 is 6.09 Å². The van der Waals surface area contributed by atoms with Crippen LogP contribution in [0.3, 0.4) is 0 Å². The van der Waals surface area contributed by atoms with Crippen molar-refractivity contribution in [3.05, 3.63) is 0 Å². The second-order valence-electron chi connectivity index (χ2n) is 6.95. The average molecular weight is 268 g/mol. The molecule has 0 aromatic rings. The van der Waals surface area contributed by atoms with Gasteiger partial charge in [0.15, 0.2) is 0 Å². The van der Waals surface area contributed by atoms with Crippen molar-refractivity contribution in [3.63, 3.8) is 0 Å². The maximum absolute atomic E-state index is 11.9. The van der Waals surface area contributed by atoms with Gasteiger partial charge in [-0.05, 0) is 46.1 Å². The van der Waals surface area contributed by atoms with Crippen molar-refractivity contribution >= 4 is 6.09 Å². The molecule has 1 aliphatic carbocycles. The fourth-order valence-electron chi connectivity index (χ4n) is 2.69. The van der Waals surface area contributed by atoms with E-state index < -0.39 is 5.60 Å². The molecule has 1 saturated heterocycles. The van der Waals surface area contributed by atoms with Gasteiger partial charge in [-0.25, -0.2) is 4.79 Å². The SMILES string of the molecule is CC(C)(C)OC(=O)N1CCC(NCCC2CCC2)C1. The topological polar surface area (TPSA) is 41.6 Å². The van der Waals surface area contributed by atoms with Crippen LogP contribution in [0.1, 0.15) is 52.9 Å². The summed E-state index contributed by atoms with van der Waals surface area (Å²) in [4.78, 5) is 13.7. The van der Waals surface area contributed by atoms with Crippen molar-refractivity contribution in [2.24, 2.45) is 5.92 Å². The van der Waals surface area contributed by atoms with Crippen LogP contribution in [-0.2, 0) is 4.74 Å². The maximum atomic E-state index is 11.9. The molecule has 4 nitrogen and oxygen atoms in total. The number of hydrogen-bond acceptors (Lipinski definition) is 3. The third-order valence-corrected chi connectivity index (χ3v) is 4.05. The molecule has 0 spiro atoms. The number of amides is 1. The first kappa shape index (κ1) is 14.6. The molecule has 110 valence electrons. The molecule has 0 bridgehead atoms. The summed E-state index contributed by atoms with van der Waals surface area (Å²) in [5.41, 5.74) is -0.396. The summed E-state index contributed by atoms with van der Waals surface area (Å²) in [5.74, 6) is 0.955. The minimum Gasteiger partial charge on any atom is -0.444 e.